The number of esters is 1. The lowest BCUT2D eigenvalue weighted by Crippen LogP contribution is -2.54. The van der Waals surface area contributed by atoms with Gasteiger partial charge >= 0.3 is 12.0 Å². The van der Waals surface area contributed by atoms with Gasteiger partial charge in [-0.2, -0.15) is 0 Å². The molecule has 1 heterocycles. The van der Waals surface area contributed by atoms with Gasteiger partial charge in [-0.15, -0.1) is 0 Å². The van der Waals surface area contributed by atoms with E-state index in [0.29, 0.717) is 13.0 Å². The number of carbonyl (C=O) groups is 5. The van der Waals surface area contributed by atoms with Gasteiger partial charge in [-0.3, -0.25) is 24.1 Å². The Kier molecular flexibility index (Phi) is 6.98. The summed E-state index contributed by atoms with van der Waals surface area (Å²) in [7, 11) is 0. The first-order chi connectivity index (χ1) is 13.2. The maximum absolute atomic E-state index is 12.8. The molecule has 1 aliphatic heterocycles. The molecule has 2 fully saturated rings. The number of nitrogens with one attached hydrogen (secondary N) is 3. The lowest BCUT2D eigenvalue weighted by molar-refractivity contribution is -0.151. The molecule has 2 aliphatic rings. The smallest absolute Gasteiger partial charge is 0.326 e. The molecule has 1 saturated heterocycles. The van der Waals surface area contributed by atoms with Crippen molar-refractivity contribution in [3.05, 3.63) is 0 Å². The number of hydrogen-bond donors (Lipinski definition) is 3. The second kappa shape index (κ2) is 9.03. The van der Waals surface area contributed by atoms with Crippen molar-refractivity contribution in [2.24, 2.45) is 5.92 Å². The minimum atomic E-state index is -0.949. The lowest BCUT2D eigenvalue weighted by Gasteiger charge is -2.36. The number of nitrogens with zero attached hydrogens (tertiary/aromatic N) is 1. The van der Waals surface area contributed by atoms with Gasteiger partial charge < -0.3 is 20.7 Å². The molecule has 3 N–H and O–H groups in total. The summed E-state index contributed by atoms with van der Waals surface area (Å²) in [5.41, 5.74) is -0.949. The molecule has 5 amide bonds. The Morgan fingerprint density at radius 2 is 2.04 bits per heavy atom. The number of carbonyl (C=O) groups excluding carboxylic acids is 5. The quantitative estimate of drug-likeness (QED) is 0.399. The van der Waals surface area contributed by atoms with E-state index < -0.39 is 48.5 Å². The zero-order chi connectivity index (χ0) is 20.9. The molecular formula is C18H28N4O6. The van der Waals surface area contributed by atoms with Crippen LogP contribution in [0.5, 0.6) is 0 Å². The Morgan fingerprint density at radius 1 is 1.32 bits per heavy atom. The van der Waals surface area contributed by atoms with Crippen LogP contribution in [0, 0.1) is 5.92 Å². The number of ether oxygens (including phenoxy) is 1. The zero-order valence-corrected chi connectivity index (χ0v) is 16.5. The van der Waals surface area contributed by atoms with Crippen molar-refractivity contribution < 1.29 is 28.7 Å². The molecule has 0 bridgehead atoms. The molecule has 10 nitrogen and oxygen atoms in total. The molecule has 0 aromatic heterocycles. The first-order valence-electron chi connectivity index (χ1n) is 9.58. The van der Waals surface area contributed by atoms with E-state index >= 15 is 0 Å². The fourth-order valence-electron chi connectivity index (χ4n) is 3.64. The first-order valence-corrected chi connectivity index (χ1v) is 9.58. The van der Waals surface area contributed by atoms with Gasteiger partial charge in [0.25, 0.3) is 11.8 Å². The summed E-state index contributed by atoms with van der Waals surface area (Å²) < 4.78 is 4.85. The maximum Gasteiger partial charge on any atom is 0.326 e. The number of likely N-dealkylation sites (N-methyl/N-ethyl adjacent to an activating group) is 1. The van der Waals surface area contributed by atoms with Crippen molar-refractivity contribution in [1.29, 1.82) is 0 Å². The van der Waals surface area contributed by atoms with Crippen LogP contribution in [-0.4, -0.2) is 65.9 Å². The monoisotopic (exact) mass is 396 g/mol. The highest BCUT2D eigenvalue weighted by Crippen LogP contribution is 2.38. The van der Waals surface area contributed by atoms with Gasteiger partial charge in [0.15, 0.2) is 6.61 Å². The molecule has 0 radical (unpaired) electrons. The molecule has 28 heavy (non-hydrogen) atoms. The molecule has 1 saturated carbocycles. The summed E-state index contributed by atoms with van der Waals surface area (Å²) >= 11 is 0. The summed E-state index contributed by atoms with van der Waals surface area (Å²) in [4.78, 5) is 61.2. The third-order valence-corrected chi connectivity index (χ3v) is 5.27. The lowest BCUT2D eigenvalue weighted by atomic mass is 9.73. The van der Waals surface area contributed by atoms with Crippen molar-refractivity contribution >= 4 is 29.7 Å². The molecule has 3 atom stereocenters. The van der Waals surface area contributed by atoms with Crippen LogP contribution in [0.4, 0.5) is 4.79 Å². The van der Waals surface area contributed by atoms with Gasteiger partial charge in [0.05, 0.1) is 0 Å². The first kappa shape index (κ1) is 21.6. The Morgan fingerprint density at radius 3 is 2.68 bits per heavy atom. The average molecular weight is 396 g/mol. The summed E-state index contributed by atoms with van der Waals surface area (Å²) in [6.07, 6.45) is 3.20. The van der Waals surface area contributed by atoms with Crippen LogP contribution in [-0.2, 0) is 23.9 Å². The van der Waals surface area contributed by atoms with Crippen LogP contribution in [0.2, 0.25) is 0 Å². The minimum absolute atomic E-state index is 0.0137. The highest BCUT2D eigenvalue weighted by molar-refractivity contribution is 6.09. The number of rotatable bonds is 7. The van der Waals surface area contributed by atoms with Crippen LogP contribution in [0.1, 0.15) is 46.5 Å². The van der Waals surface area contributed by atoms with Gasteiger partial charge in [-0.25, -0.2) is 4.79 Å². The van der Waals surface area contributed by atoms with Gasteiger partial charge in [0, 0.05) is 6.54 Å². The van der Waals surface area contributed by atoms with Crippen molar-refractivity contribution in [2.45, 2.75) is 58.0 Å². The summed E-state index contributed by atoms with van der Waals surface area (Å²) in [6, 6.07) is -1.39. The average Bonchev–Trinajstić information content (AvgIpc) is 2.87. The van der Waals surface area contributed by atoms with Crippen LogP contribution in [0.3, 0.4) is 0 Å². The molecule has 0 aromatic carbocycles. The standard InChI is InChI=1S/C18H28N4O6/c1-4-19-15(25)12(3)20-13(23)10-28-14(24)9-22-16(26)18(21-17(22)27)8-6-5-7-11(18)2/h11-12H,4-10H2,1-3H3,(H,19,25)(H,20,23)(H,21,27)/t11-,12+,18-/m0/s1. The van der Waals surface area contributed by atoms with Crippen molar-refractivity contribution in [3.8, 4) is 0 Å². The van der Waals surface area contributed by atoms with Crippen molar-refractivity contribution in [3.63, 3.8) is 0 Å². The Hall–Kier alpha value is -2.65. The SMILES string of the molecule is CCNC(=O)[C@@H](C)NC(=O)COC(=O)CN1C(=O)N[C@]2(CCCC[C@@H]2C)C1=O. The Labute approximate surface area is 163 Å². The van der Waals surface area contributed by atoms with E-state index in [2.05, 4.69) is 16.0 Å². The highest BCUT2D eigenvalue weighted by atomic mass is 16.5. The number of hydrogen-bond acceptors (Lipinski definition) is 6. The van der Waals surface area contributed by atoms with Crippen molar-refractivity contribution in [2.75, 3.05) is 19.7 Å². The van der Waals surface area contributed by atoms with Crippen LogP contribution in [0.25, 0.3) is 0 Å². The second-order valence-corrected chi connectivity index (χ2v) is 7.28. The van der Waals surface area contributed by atoms with E-state index in [1.807, 2.05) is 6.92 Å². The summed E-state index contributed by atoms with van der Waals surface area (Å²) in [5.74, 6) is -2.31. The van der Waals surface area contributed by atoms with Crippen LogP contribution < -0.4 is 16.0 Å². The van der Waals surface area contributed by atoms with Crippen LogP contribution in [0.15, 0.2) is 0 Å². The van der Waals surface area contributed by atoms with E-state index in [1.54, 1.807) is 6.92 Å². The molecule has 2 rings (SSSR count). The Bertz CT molecular complexity index is 666. The molecular weight excluding hydrogens is 368 g/mol. The molecule has 1 aliphatic carbocycles. The fourth-order valence-corrected chi connectivity index (χ4v) is 3.64. The van der Waals surface area contributed by atoms with Crippen molar-refractivity contribution in [1.82, 2.24) is 20.9 Å². The fraction of sp³-hybridized carbons (Fsp3) is 0.722. The largest absolute Gasteiger partial charge is 0.454 e. The molecule has 10 heteroatoms. The van der Waals surface area contributed by atoms with E-state index in [1.165, 1.54) is 6.92 Å². The minimum Gasteiger partial charge on any atom is -0.454 e. The second-order valence-electron chi connectivity index (χ2n) is 7.28. The number of amides is 5. The summed E-state index contributed by atoms with van der Waals surface area (Å²) in [6.45, 7) is 4.44. The molecule has 156 valence electrons. The Balaban J connectivity index is 1.84. The van der Waals surface area contributed by atoms with Gasteiger partial charge in [0.1, 0.15) is 18.1 Å². The zero-order valence-electron chi connectivity index (χ0n) is 16.5. The van der Waals surface area contributed by atoms with E-state index in [4.69, 9.17) is 4.74 Å². The van der Waals surface area contributed by atoms with Gasteiger partial charge in [-0.05, 0) is 32.6 Å². The third-order valence-electron chi connectivity index (χ3n) is 5.27. The normalized spacial score (nSPS) is 25.2. The maximum atomic E-state index is 12.8. The van der Waals surface area contributed by atoms with E-state index in [9.17, 15) is 24.0 Å². The summed E-state index contributed by atoms with van der Waals surface area (Å²) in [5, 5.41) is 7.70. The predicted molar refractivity (Wildman–Crippen MR) is 97.9 cm³/mol. The topological polar surface area (TPSA) is 134 Å². The number of urea groups is 1. The van der Waals surface area contributed by atoms with Gasteiger partial charge in [0.2, 0.25) is 5.91 Å². The highest BCUT2D eigenvalue weighted by Gasteiger charge is 2.55. The number of imide groups is 1. The third kappa shape index (κ3) is 4.60. The molecule has 0 aromatic rings. The van der Waals surface area contributed by atoms with Gasteiger partial charge in [-0.1, -0.05) is 19.8 Å². The molecule has 0 unspecified atom stereocenters. The van der Waals surface area contributed by atoms with E-state index in [0.717, 1.165) is 24.2 Å². The van der Waals surface area contributed by atoms with Crippen LogP contribution >= 0.6 is 0 Å². The predicted octanol–water partition coefficient (Wildman–Crippen LogP) is -0.329. The van der Waals surface area contributed by atoms with E-state index in [-0.39, 0.29) is 11.8 Å². The molecule has 1 spiro atoms.